The van der Waals surface area contributed by atoms with Crippen LogP contribution in [0, 0.1) is 6.92 Å². The first-order valence-electron chi connectivity index (χ1n) is 6.02. The normalized spacial score (nSPS) is 10.5. The summed E-state index contributed by atoms with van der Waals surface area (Å²) in [5.41, 5.74) is 7.72. The highest BCUT2D eigenvalue weighted by Crippen LogP contribution is 2.31. The van der Waals surface area contributed by atoms with Gasteiger partial charge in [0.1, 0.15) is 11.5 Å². The van der Waals surface area contributed by atoms with Crippen molar-refractivity contribution in [1.82, 2.24) is 0 Å². The van der Waals surface area contributed by atoms with Gasteiger partial charge in [-0.2, -0.15) is 0 Å². The highest BCUT2D eigenvalue weighted by molar-refractivity contribution is 9.10. The number of hydrogen-bond acceptors (Lipinski definition) is 2. The van der Waals surface area contributed by atoms with Crippen LogP contribution in [-0.2, 0) is 6.42 Å². The fourth-order valence-corrected chi connectivity index (χ4v) is 2.51. The molecule has 2 N–H and O–H groups in total. The molecule has 0 radical (unpaired) electrons. The van der Waals surface area contributed by atoms with E-state index in [0.29, 0.717) is 11.6 Å². The summed E-state index contributed by atoms with van der Waals surface area (Å²) < 4.78 is 7.01. The molecule has 0 aromatic heterocycles. The molecule has 0 bridgehead atoms. The summed E-state index contributed by atoms with van der Waals surface area (Å²) in [4.78, 5) is 0. The van der Waals surface area contributed by atoms with Crippen molar-refractivity contribution in [3.8, 4) is 11.5 Å². The maximum Gasteiger partial charge on any atom is 0.130 e. The quantitative estimate of drug-likeness (QED) is 0.875. The molecule has 4 heteroatoms. The van der Waals surface area contributed by atoms with E-state index in [2.05, 4.69) is 15.9 Å². The van der Waals surface area contributed by atoms with Gasteiger partial charge in [-0.25, -0.2) is 0 Å². The predicted molar refractivity (Wildman–Crippen MR) is 83.2 cm³/mol. The Labute approximate surface area is 126 Å². The van der Waals surface area contributed by atoms with E-state index < -0.39 is 0 Å². The summed E-state index contributed by atoms with van der Waals surface area (Å²) in [6.45, 7) is 2.58. The average molecular weight is 341 g/mol. The minimum atomic E-state index is 0.565. The molecule has 0 atom stereocenters. The van der Waals surface area contributed by atoms with E-state index in [1.807, 2.05) is 43.3 Å². The van der Waals surface area contributed by atoms with Gasteiger partial charge >= 0.3 is 0 Å². The Morgan fingerprint density at radius 3 is 2.58 bits per heavy atom. The molecule has 0 amide bonds. The molecule has 0 unspecified atom stereocenters. The van der Waals surface area contributed by atoms with Gasteiger partial charge in [0.2, 0.25) is 0 Å². The largest absolute Gasteiger partial charge is 0.457 e. The maximum absolute atomic E-state index is 6.01. The monoisotopic (exact) mass is 339 g/mol. The van der Waals surface area contributed by atoms with Crippen molar-refractivity contribution in [2.75, 3.05) is 6.54 Å². The van der Waals surface area contributed by atoms with Gasteiger partial charge in [0, 0.05) is 9.50 Å². The van der Waals surface area contributed by atoms with Crippen LogP contribution in [0.25, 0.3) is 0 Å². The van der Waals surface area contributed by atoms with E-state index in [0.717, 1.165) is 33.5 Å². The maximum atomic E-state index is 6.01. The third-order valence-electron chi connectivity index (χ3n) is 2.79. The van der Waals surface area contributed by atoms with E-state index in [4.69, 9.17) is 22.1 Å². The number of rotatable bonds is 4. The Balaban J connectivity index is 2.32. The molecule has 100 valence electrons. The van der Waals surface area contributed by atoms with Gasteiger partial charge in [-0.3, -0.25) is 0 Å². The standard InChI is InChI=1S/C15H15BrClNO/c1-10-8-12(16)2-4-14(10)19-15-5-3-13(17)9-11(15)6-7-18/h2-5,8-9H,6-7,18H2,1H3. The van der Waals surface area contributed by atoms with Crippen LogP contribution in [0.2, 0.25) is 5.02 Å². The number of halogens is 2. The van der Waals surface area contributed by atoms with Crippen molar-refractivity contribution in [2.24, 2.45) is 5.73 Å². The van der Waals surface area contributed by atoms with Crippen molar-refractivity contribution in [3.63, 3.8) is 0 Å². The van der Waals surface area contributed by atoms with Gasteiger partial charge in [-0.15, -0.1) is 0 Å². The van der Waals surface area contributed by atoms with Crippen molar-refractivity contribution < 1.29 is 4.74 Å². The SMILES string of the molecule is Cc1cc(Br)ccc1Oc1ccc(Cl)cc1CCN. The summed E-state index contributed by atoms with van der Waals surface area (Å²) in [5.74, 6) is 1.64. The van der Waals surface area contributed by atoms with Crippen molar-refractivity contribution in [3.05, 3.63) is 57.0 Å². The number of benzene rings is 2. The second kappa shape index (κ2) is 6.42. The molecule has 0 saturated carbocycles. The lowest BCUT2D eigenvalue weighted by Crippen LogP contribution is -2.04. The molecule has 0 fully saturated rings. The van der Waals surface area contributed by atoms with Crippen LogP contribution >= 0.6 is 27.5 Å². The number of hydrogen-bond donors (Lipinski definition) is 1. The Morgan fingerprint density at radius 1 is 1.16 bits per heavy atom. The molecular formula is C15H15BrClNO. The van der Waals surface area contributed by atoms with Gasteiger partial charge in [0.05, 0.1) is 0 Å². The Bertz CT molecular complexity index is 586. The minimum Gasteiger partial charge on any atom is -0.457 e. The molecular weight excluding hydrogens is 326 g/mol. The molecule has 2 rings (SSSR count). The second-order valence-electron chi connectivity index (χ2n) is 4.30. The highest BCUT2D eigenvalue weighted by atomic mass is 79.9. The van der Waals surface area contributed by atoms with Crippen LogP contribution in [0.15, 0.2) is 40.9 Å². The van der Waals surface area contributed by atoms with Crippen LogP contribution in [0.3, 0.4) is 0 Å². The van der Waals surface area contributed by atoms with E-state index in [1.54, 1.807) is 0 Å². The number of ether oxygens (including phenoxy) is 1. The first-order chi connectivity index (χ1) is 9.10. The number of aryl methyl sites for hydroxylation is 1. The molecule has 0 saturated heterocycles. The molecule has 2 aromatic rings. The Kier molecular flexibility index (Phi) is 4.86. The minimum absolute atomic E-state index is 0.565. The highest BCUT2D eigenvalue weighted by Gasteiger charge is 2.07. The number of nitrogens with two attached hydrogens (primary N) is 1. The third kappa shape index (κ3) is 3.72. The Hall–Kier alpha value is -1.03. The van der Waals surface area contributed by atoms with Crippen LogP contribution < -0.4 is 10.5 Å². The fourth-order valence-electron chi connectivity index (χ4n) is 1.84. The van der Waals surface area contributed by atoms with Crippen LogP contribution in [0.4, 0.5) is 0 Å². The average Bonchev–Trinajstić information content (AvgIpc) is 2.36. The summed E-state index contributed by atoms with van der Waals surface area (Å²) in [5, 5.41) is 0.698. The molecule has 0 spiro atoms. The van der Waals surface area contributed by atoms with E-state index in [9.17, 15) is 0 Å². The van der Waals surface area contributed by atoms with Crippen LogP contribution in [-0.4, -0.2) is 6.54 Å². The van der Waals surface area contributed by atoms with Crippen LogP contribution in [0.5, 0.6) is 11.5 Å². The lowest BCUT2D eigenvalue weighted by Gasteiger charge is -2.13. The lowest BCUT2D eigenvalue weighted by molar-refractivity contribution is 0.472. The molecule has 2 aromatic carbocycles. The third-order valence-corrected chi connectivity index (χ3v) is 3.52. The summed E-state index contributed by atoms with van der Waals surface area (Å²) in [6, 6.07) is 11.5. The zero-order valence-electron chi connectivity index (χ0n) is 10.6. The molecule has 19 heavy (non-hydrogen) atoms. The first kappa shape index (κ1) is 14.4. The molecule has 0 aliphatic rings. The smallest absolute Gasteiger partial charge is 0.130 e. The van der Waals surface area contributed by atoms with Crippen molar-refractivity contribution in [2.45, 2.75) is 13.3 Å². The van der Waals surface area contributed by atoms with E-state index in [-0.39, 0.29) is 0 Å². The fraction of sp³-hybridized carbons (Fsp3) is 0.200. The van der Waals surface area contributed by atoms with E-state index in [1.165, 1.54) is 0 Å². The van der Waals surface area contributed by atoms with Gasteiger partial charge < -0.3 is 10.5 Å². The van der Waals surface area contributed by atoms with Gasteiger partial charge in [-0.1, -0.05) is 27.5 Å². The summed E-state index contributed by atoms with van der Waals surface area (Å²) in [6.07, 6.45) is 0.742. The van der Waals surface area contributed by atoms with Gasteiger partial charge in [-0.05, 0) is 67.4 Å². The van der Waals surface area contributed by atoms with Crippen molar-refractivity contribution in [1.29, 1.82) is 0 Å². The summed E-state index contributed by atoms with van der Waals surface area (Å²) >= 11 is 9.45. The zero-order valence-corrected chi connectivity index (χ0v) is 13.0. The first-order valence-corrected chi connectivity index (χ1v) is 7.20. The molecule has 0 aliphatic carbocycles. The Morgan fingerprint density at radius 2 is 1.89 bits per heavy atom. The summed E-state index contributed by atoms with van der Waals surface area (Å²) in [7, 11) is 0. The topological polar surface area (TPSA) is 35.2 Å². The molecule has 0 aliphatic heterocycles. The van der Waals surface area contributed by atoms with Crippen LogP contribution in [0.1, 0.15) is 11.1 Å². The second-order valence-corrected chi connectivity index (χ2v) is 5.65. The van der Waals surface area contributed by atoms with Gasteiger partial charge in [0.15, 0.2) is 0 Å². The molecule has 2 nitrogen and oxygen atoms in total. The zero-order chi connectivity index (χ0) is 13.8. The van der Waals surface area contributed by atoms with Crippen molar-refractivity contribution >= 4 is 27.5 Å². The lowest BCUT2D eigenvalue weighted by atomic mass is 10.1. The predicted octanol–water partition coefficient (Wildman–Crippen LogP) is 4.70. The van der Waals surface area contributed by atoms with E-state index >= 15 is 0 Å². The molecule has 0 heterocycles. The van der Waals surface area contributed by atoms with Gasteiger partial charge in [0.25, 0.3) is 0 Å².